The lowest BCUT2D eigenvalue weighted by Gasteiger charge is -2.39. The first kappa shape index (κ1) is 15.2. The molecular formula is C14H27N3O. The van der Waals surface area contributed by atoms with Gasteiger partial charge in [0.1, 0.15) is 0 Å². The van der Waals surface area contributed by atoms with Crippen LogP contribution in [0.4, 0.5) is 0 Å². The van der Waals surface area contributed by atoms with Gasteiger partial charge in [-0.15, -0.1) is 0 Å². The number of nitrogens with one attached hydrogen (secondary N) is 1. The van der Waals surface area contributed by atoms with Gasteiger partial charge in [0.15, 0.2) is 0 Å². The second kappa shape index (κ2) is 6.90. The highest BCUT2D eigenvalue weighted by atomic mass is 16.5. The van der Waals surface area contributed by atoms with Crippen molar-refractivity contribution >= 4 is 0 Å². The van der Waals surface area contributed by atoms with Crippen LogP contribution in [-0.2, 0) is 11.8 Å². The first-order chi connectivity index (χ1) is 8.65. The molecule has 1 aromatic heterocycles. The molecule has 18 heavy (non-hydrogen) atoms. The molecule has 0 aliphatic rings. The molecule has 0 saturated heterocycles. The van der Waals surface area contributed by atoms with Crippen molar-refractivity contribution in [3.63, 3.8) is 0 Å². The summed E-state index contributed by atoms with van der Waals surface area (Å²) in [7, 11) is 1.99. The number of aryl methyl sites for hydroxylation is 1. The summed E-state index contributed by atoms with van der Waals surface area (Å²) < 4.78 is 8.05. The SMILES string of the molecule is CCNC(c1ccnn1C)C(CC)(CC)OCC. The van der Waals surface area contributed by atoms with Crippen molar-refractivity contribution in [3.8, 4) is 0 Å². The van der Waals surface area contributed by atoms with E-state index in [4.69, 9.17) is 4.74 Å². The summed E-state index contributed by atoms with van der Waals surface area (Å²) in [5.41, 5.74) is 1.03. The Morgan fingerprint density at radius 2 is 2.00 bits per heavy atom. The van der Waals surface area contributed by atoms with E-state index < -0.39 is 0 Å². The quantitative estimate of drug-likeness (QED) is 0.774. The van der Waals surface area contributed by atoms with Crippen LogP contribution in [0.15, 0.2) is 12.3 Å². The van der Waals surface area contributed by atoms with Crippen LogP contribution >= 0.6 is 0 Å². The zero-order chi connectivity index (χ0) is 13.6. The Morgan fingerprint density at radius 1 is 1.33 bits per heavy atom. The van der Waals surface area contributed by atoms with Gasteiger partial charge in [0, 0.05) is 19.9 Å². The Balaban J connectivity index is 3.12. The molecule has 1 atom stereocenters. The van der Waals surface area contributed by atoms with E-state index in [0.717, 1.165) is 26.0 Å². The largest absolute Gasteiger partial charge is 0.373 e. The van der Waals surface area contributed by atoms with Gasteiger partial charge in [0.25, 0.3) is 0 Å². The molecule has 0 bridgehead atoms. The fourth-order valence-electron chi connectivity index (χ4n) is 2.66. The third-order valence-corrected chi connectivity index (χ3v) is 3.72. The molecule has 1 unspecified atom stereocenters. The average Bonchev–Trinajstić information content (AvgIpc) is 2.80. The fraction of sp³-hybridized carbons (Fsp3) is 0.786. The second-order valence-electron chi connectivity index (χ2n) is 4.58. The van der Waals surface area contributed by atoms with Crippen molar-refractivity contribution in [2.75, 3.05) is 13.2 Å². The van der Waals surface area contributed by atoms with Crippen molar-refractivity contribution in [1.29, 1.82) is 0 Å². The summed E-state index contributed by atoms with van der Waals surface area (Å²) in [4.78, 5) is 0. The smallest absolute Gasteiger partial charge is 0.0886 e. The molecule has 104 valence electrons. The van der Waals surface area contributed by atoms with E-state index in [0.29, 0.717) is 0 Å². The van der Waals surface area contributed by atoms with Gasteiger partial charge >= 0.3 is 0 Å². The number of hydrogen-bond acceptors (Lipinski definition) is 3. The third-order valence-electron chi connectivity index (χ3n) is 3.72. The number of hydrogen-bond donors (Lipinski definition) is 1. The molecule has 1 rings (SSSR count). The summed E-state index contributed by atoms with van der Waals surface area (Å²) in [6.45, 7) is 10.2. The van der Waals surface area contributed by atoms with Crippen LogP contribution in [0, 0.1) is 0 Å². The molecule has 4 nitrogen and oxygen atoms in total. The van der Waals surface area contributed by atoms with Crippen LogP contribution in [0.2, 0.25) is 0 Å². The zero-order valence-corrected chi connectivity index (χ0v) is 12.4. The molecule has 0 spiro atoms. The minimum atomic E-state index is -0.154. The summed E-state index contributed by atoms with van der Waals surface area (Å²) in [6, 6.07) is 2.26. The van der Waals surface area contributed by atoms with Crippen molar-refractivity contribution in [3.05, 3.63) is 18.0 Å². The van der Waals surface area contributed by atoms with Gasteiger partial charge in [-0.05, 0) is 32.4 Å². The van der Waals surface area contributed by atoms with E-state index in [1.54, 1.807) is 0 Å². The molecule has 1 N–H and O–H groups in total. The Labute approximate surface area is 111 Å². The van der Waals surface area contributed by atoms with Gasteiger partial charge in [-0.25, -0.2) is 0 Å². The van der Waals surface area contributed by atoms with E-state index in [1.807, 2.05) is 17.9 Å². The molecule has 0 aromatic carbocycles. The lowest BCUT2D eigenvalue weighted by atomic mass is 9.86. The predicted octanol–water partition coefficient (Wildman–Crippen LogP) is 2.67. The van der Waals surface area contributed by atoms with E-state index in [9.17, 15) is 0 Å². The van der Waals surface area contributed by atoms with Crippen LogP contribution in [0.25, 0.3) is 0 Å². The standard InChI is InChI=1S/C14H27N3O/c1-6-14(7-2,18-9-4)13(15-8-3)12-10-11-16-17(12)5/h10-11,13,15H,6-9H2,1-5H3. The number of rotatable bonds is 8. The first-order valence-corrected chi connectivity index (χ1v) is 7.00. The monoisotopic (exact) mass is 253 g/mol. The van der Waals surface area contributed by atoms with Crippen LogP contribution in [-0.4, -0.2) is 28.5 Å². The van der Waals surface area contributed by atoms with Crippen molar-refractivity contribution in [1.82, 2.24) is 15.1 Å². The highest BCUT2D eigenvalue weighted by Crippen LogP contribution is 2.35. The normalized spacial score (nSPS) is 13.8. The van der Waals surface area contributed by atoms with Gasteiger partial charge in [0.2, 0.25) is 0 Å². The van der Waals surface area contributed by atoms with Crippen LogP contribution in [0.1, 0.15) is 52.3 Å². The maximum absolute atomic E-state index is 6.12. The molecule has 0 aliphatic carbocycles. The summed E-state index contributed by atoms with van der Waals surface area (Å²) in [6.07, 6.45) is 3.82. The Bertz CT molecular complexity index is 345. The van der Waals surface area contributed by atoms with E-state index in [1.165, 1.54) is 5.69 Å². The van der Waals surface area contributed by atoms with Crippen LogP contribution in [0.5, 0.6) is 0 Å². The number of nitrogens with zero attached hydrogens (tertiary/aromatic N) is 2. The van der Waals surface area contributed by atoms with Gasteiger partial charge in [0.05, 0.1) is 17.3 Å². The molecule has 0 amide bonds. The summed E-state index contributed by atoms with van der Waals surface area (Å²) >= 11 is 0. The van der Waals surface area contributed by atoms with E-state index >= 15 is 0 Å². The van der Waals surface area contributed by atoms with Gasteiger partial charge in [-0.3, -0.25) is 4.68 Å². The highest BCUT2D eigenvalue weighted by molar-refractivity contribution is 5.13. The molecule has 0 saturated carbocycles. The molecule has 0 aliphatic heterocycles. The number of ether oxygens (including phenoxy) is 1. The van der Waals surface area contributed by atoms with E-state index in [2.05, 4.69) is 44.2 Å². The van der Waals surface area contributed by atoms with Gasteiger partial charge < -0.3 is 10.1 Å². The summed E-state index contributed by atoms with van der Waals surface area (Å²) in [5.74, 6) is 0. The zero-order valence-electron chi connectivity index (χ0n) is 12.4. The maximum atomic E-state index is 6.12. The number of likely N-dealkylation sites (N-methyl/N-ethyl adjacent to an activating group) is 1. The van der Waals surface area contributed by atoms with Gasteiger partial charge in [-0.1, -0.05) is 20.8 Å². The Morgan fingerprint density at radius 3 is 2.39 bits per heavy atom. The lowest BCUT2D eigenvalue weighted by Crippen LogP contribution is -2.46. The number of aromatic nitrogens is 2. The van der Waals surface area contributed by atoms with E-state index in [-0.39, 0.29) is 11.6 Å². The van der Waals surface area contributed by atoms with Gasteiger partial charge in [-0.2, -0.15) is 5.10 Å². The van der Waals surface area contributed by atoms with Crippen LogP contribution < -0.4 is 5.32 Å². The lowest BCUT2D eigenvalue weighted by molar-refractivity contribution is -0.0746. The minimum absolute atomic E-state index is 0.154. The Kier molecular flexibility index (Phi) is 5.82. The molecule has 0 fully saturated rings. The summed E-state index contributed by atoms with van der Waals surface area (Å²) in [5, 5.41) is 7.85. The minimum Gasteiger partial charge on any atom is -0.373 e. The molecule has 0 radical (unpaired) electrons. The predicted molar refractivity (Wildman–Crippen MR) is 74.6 cm³/mol. The Hall–Kier alpha value is -0.870. The topological polar surface area (TPSA) is 39.1 Å². The second-order valence-corrected chi connectivity index (χ2v) is 4.58. The molecule has 1 aromatic rings. The molecule has 4 heteroatoms. The van der Waals surface area contributed by atoms with Crippen molar-refractivity contribution in [2.45, 2.75) is 52.2 Å². The molecule has 1 heterocycles. The average molecular weight is 253 g/mol. The van der Waals surface area contributed by atoms with Crippen LogP contribution in [0.3, 0.4) is 0 Å². The maximum Gasteiger partial charge on any atom is 0.0886 e. The van der Waals surface area contributed by atoms with Crippen molar-refractivity contribution < 1.29 is 4.74 Å². The third kappa shape index (κ3) is 2.93. The first-order valence-electron chi connectivity index (χ1n) is 7.00. The fourth-order valence-corrected chi connectivity index (χ4v) is 2.66. The highest BCUT2D eigenvalue weighted by Gasteiger charge is 2.38. The van der Waals surface area contributed by atoms with Crippen molar-refractivity contribution in [2.24, 2.45) is 7.05 Å². The molecular weight excluding hydrogens is 226 g/mol.